The van der Waals surface area contributed by atoms with E-state index in [0.29, 0.717) is 13.3 Å². The number of rotatable bonds is 3. The van der Waals surface area contributed by atoms with Crippen LogP contribution < -0.4 is 0 Å². The molecule has 0 amide bonds. The Morgan fingerprint density at radius 1 is 1.29 bits per heavy atom. The lowest BCUT2D eigenvalue weighted by Gasteiger charge is -2.53. The van der Waals surface area contributed by atoms with Crippen molar-refractivity contribution in [1.29, 1.82) is 5.26 Å². The van der Waals surface area contributed by atoms with Crippen LogP contribution in [0.4, 0.5) is 0 Å². The first-order valence-corrected chi connectivity index (χ1v) is 7.60. The molecule has 0 unspecified atom stereocenters. The zero-order valence-electron chi connectivity index (χ0n) is 12.5. The lowest BCUT2D eigenvalue weighted by atomic mass is 9.69. The molecule has 2 atom stereocenters. The summed E-state index contributed by atoms with van der Waals surface area (Å²) < 4.78 is 11.8. The van der Waals surface area contributed by atoms with Crippen LogP contribution in [0.15, 0.2) is 30.3 Å². The van der Waals surface area contributed by atoms with E-state index >= 15 is 0 Å². The van der Waals surface area contributed by atoms with Gasteiger partial charge in [0.1, 0.15) is 12.1 Å². The van der Waals surface area contributed by atoms with Crippen molar-refractivity contribution in [2.24, 2.45) is 5.41 Å². The highest BCUT2D eigenvalue weighted by atomic mass is 16.7. The summed E-state index contributed by atoms with van der Waals surface area (Å²) in [5, 5.41) is 9.82. The Labute approximate surface area is 126 Å². The van der Waals surface area contributed by atoms with Gasteiger partial charge >= 0.3 is 0 Å². The topological polar surface area (TPSA) is 45.5 Å². The fourth-order valence-electron chi connectivity index (χ4n) is 3.72. The molecule has 0 radical (unpaired) electrons. The summed E-state index contributed by atoms with van der Waals surface area (Å²) in [7, 11) is 1.67. The van der Waals surface area contributed by atoms with E-state index in [9.17, 15) is 5.26 Å². The number of methoxy groups -OCH3 is 1. The third-order valence-electron chi connectivity index (χ3n) is 4.86. The van der Waals surface area contributed by atoms with Crippen LogP contribution in [-0.2, 0) is 16.0 Å². The van der Waals surface area contributed by atoms with Gasteiger partial charge in [-0.1, -0.05) is 36.8 Å². The average molecular weight is 286 g/mol. The normalized spacial score (nSPS) is 33.1. The van der Waals surface area contributed by atoms with Crippen LogP contribution in [0.5, 0.6) is 0 Å². The predicted octanol–water partition coefficient (Wildman–Crippen LogP) is 2.90. The van der Waals surface area contributed by atoms with Crippen molar-refractivity contribution < 1.29 is 9.47 Å². The third-order valence-corrected chi connectivity index (χ3v) is 4.86. The smallest absolute Gasteiger partial charge is 0.189 e. The summed E-state index contributed by atoms with van der Waals surface area (Å²) in [6, 6.07) is 12.9. The van der Waals surface area contributed by atoms with Crippen molar-refractivity contribution in [3.63, 3.8) is 0 Å². The molecular weight excluding hydrogens is 264 g/mol. The van der Waals surface area contributed by atoms with E-state index in [-0.39, 0.29) is 0 Å². The Hall–Kier alpha value is -1.41. The van der Waals surface area contributed by atoms with Crippen LogP contribution in [0.25, 0.3) is 0 Å². The standard InChI is InChI=1S/C17H22N2O2/c1-20-17-10-6-5-9-16(17,12-18)13-19(14-21-17)11-15-7-3-2-4-8-15/h2-4,7-8H,5-6,9-11,13-14H2,1H3/t16-,17+/m1/s1. The Morgan fingerprint density at radius 2 is 2.05 bits per heavy atom. The number of nitrogens with zero attached hydrogens (tertiary/aromatic N) is 2. The molecule has 4 nitrogen and oxygen atoms in total. The number of hydrogen-bond donors (Lipinski definition) is 0. The first kappa shape index (κ1) is 14.5. The maximum absolute atomic E-state index is 9.82. The van der Waals surface area contributed by atoms with Gasteiger partial charge in [0.25, 0.3) is 0 Å². The molecule has 1 saturated carbocycles. The Balaban J connectivity index is 1.80. The highest BCUT2D eigenvalue weighted by Gasteiger charge is 2.58. The van der Waals surface area contributed by atoms with Gasteiger partial charge in [-0.2, -0.15) is 5.26 Å². The molecule has 1 aromatic rings. The maximum atomic E-state index is 9.82. The molecule has 0 N–H and O–H groups in total. The third kappa shape index (κ3) is 2.46. The second-order valence-corrected chi connectivity index (χ2v) is 6.10. The highest BCUT2D eigenvalue weighted by Crippen LogP contribution is 2.49. The Kier molecular flexibility index (Phi) is 3.99. The fourth-order valence-corrected chi connectivity index (χ4v) is 3.72. The zero-order chi connectivity index (χ0) is 14.8. The molecule has 1 aliphatic carbocycles. The van der Waals surface area contributed by atoms with Crippen molar-refractivity contribution >= 4 is 0 Å². The van der Waals surface area contributed by atoms with Gasteiger partial charge in [0.05, 0.1) is 6.07 Å². The summed E-state index contributed by atoms with van der Waals surface area (Å²) in [6.07, 6.45) is 3.80. The highest BCUT2D eigenvalue weighted by molar-refractivity contribution is 5.17. The van der Waals surface area contributed by atoms with Gasteiger partial charge in [0.15, 0.2) is 5.79 Å². The molecule has 0 bridgehead atoms. The quantitative estimate of drug-likeness (QED) is 0.857. The van der Waals surface area contributed by atoms with E-state index in [1.807, 2.05) is 18.2 Å². The fraction of sp³-hybridized carbons (Fsp3) is 0.588. The number of fused-ring (bicyclic) bond motifs is 1. The molecular formula is C17H22N2O2. The largest absolute Gasteiger partial charge is 0.352 e. The van der Waals surface area contributed by atoms with Gasteiger partial charge in [-0.15, -0.1) is 0 Å². The molecule has 1 heterocycles. The van der Waals surface area contributed by atoms with Crippen molar-refractivity contribution in [3.05, 3.63) is 35.9 Å². The first-order chi connectivity index (χ1) is 10.2. The number of benzene rings is 1. The molecule has 21 heavy (non-hydrogen) atoms. The van der Waals surface area contributed by atoms with Crippen LogP contribution in [0.1, 0.15) is 31.2 Å². The lowest BCUT2D eigenvalue weighted by Crippen LogP contribution is -2.63. The van der Waals surface area contributed by atoms with E-state index in [1.165, 1.54) is 5.56 Å². The number of hydrogen-bond acceptors (Lipinski definition) is 4. The second kappa shape index (κ2) is 5.76. The first-order valence-electron chi connectivity index (χ1n) is 7.60. The second-order valence-electron chi connectivity index (χ2n) is 6.10. The van der Waals surface area contributed by atoms with E-state index < -0.39 is 11.2 Å². The monoisotopic (exact) mass is 286 g/mol. The van der Waals surface area contributed by atoms with Gasteiger partial charge < -0.3 is 9.47 Å². The maximum Gasteiger partial charge on any atom is 0.189 e. The molecule has 2 aliphatic rings. The summed E-state index contributed by atoms with van der Waals surface area (Å²) in [5.41, 5.74) is 0.697. The Morgan fingerprint density at radius 3 is 2.76 bits per heavy atom. The van der Waals surface area contributed by atoms with Crippen molar-refractivity contribution in [2.75, 3.05) is 20.4 Å². The minimum atomic E-state index is -0.715. The van der Waals surface area contributed by atoms with Gasteiger partial charge in [0, 0.05) is 26.6 Å². The van der Waals surface area contributed by atoms with Gasteiger partial charge in [-0.05, 0) is 18.4 Å². The summed E-state index contributed by atoms with van der Waals surface area (Å²) in [5.74, 6) is -0.715. The SMILES string of the molecule is CO[C@]12CCCC[C@@]1(C#N)CN(Cc1ccccc1)CO2. The van der Waals surface area contributed by atoms with Crippen LogP contribution in [0, 0.1) is 16.7 Å². The van der Waals surface area contributed by atoms with Gasteiger partial charge in [-0.25, -0.2) is 0 Å². The molecule has 0 aromatic heterocycles. The molecule has 4 heteroatoms. The molecule has 0 spiro atoms. The predicted molar refractivity (Wildman–Crippen MR) is 79.1 cm³/mol. The summed E-state index contributed by atoms with van der Waals surface area (Å²) >= 11 is 0. The van der Waals surface area contributed by atoms with Crippen molar-refractivity contribution in [3.8, 4) is 6.07 Å². The zero-order valence-corrected chi connectivity index (χ0v) is 12.5. The lowest BCUT2D eigenvalue weighted by molar-refractivity contribution is -0.332. The minimum absolute atomic E-state index is 0.520. The molecule has 3 rings (SSSR count). The van der Waals surface area contributed by atoms with Gasteiger partial charge in [0.2, 0.25) is 0 Å². The molecule has 2 fully saturated rings. The van der Waals surface area contributed by atoms with Crippen LogP contribution in [0.3, 0.4) is 0 Å². The van der Waals surface area contributed by atoms with E-state index in [0.717, 1.165) is 32.2 Å². The summed E-state index contributed by atoms with van der Waals surface area (Å²) in [4.78, 5) is 2.21. The average Bonchev–Trinajstić information content (AvgIpc) is 2.55. The van der Waals surface area contributed by atoms with Crippen molar-refractivity contribution in [1.82, 2.24) is 4.90 Å². The number of nitriles is 1. The Bertz CT molecular complexity index is 527. The molecule has 1 aliphatic heterocycles. The van der Waals surface area contributed by atoms with Crippen molar-refractivity contribution in [2.45, 2.75) is 38.0 Å². The van der Waals surface area contributed by atoms with Crippen LogP contribution in [0.2, 0.25) is 0 Å². The molecule has 1 saturated heterocycles. The summed E-state index contributed by atoms with van der Waals surface area (Å²) in [6.45, 7) is 2.04. The van der Waals surface area contributed by atoms with E-state index in [1.54, 1.807) is 7.11 Å². The number of ether oxygens (including phenoxy) is 2. The molecule has 1 aromatic carbocycles. The molecule has 112 valence electrons. The van der Waals surface area contributed by atoms with E-state index in [2.05, 4.69) is 23.1 Å². The van der Waals surface area contributed by atoms with E-state index in [4.69, 9.17) is 9.47 Å². The van der Waals surface area contributed by atoms with Crippen LogP contribution in [-0.4, -0.2) is 31.1 Å². The van der Waals surface area contributed by atoms with Crippen LogP contribution >= 0.6 is 0 Å². The van der Waals surface area contributed by atoms with Gasteiger partial charge in [-0.3, -0.25) is 4.90 Å². The minimum Gasteiger partial charge on any atom is -0.352 e.